The average Bonchev–Trinajstić information content (AvgIpc) is 2.37. The summed E-state index contributed by atoms with van der Waals surface area (Å²) in [4.78, 5) is 3.77. The van der Waals surface area contributed by atoms with Crippen molar-refractivity contribution >= 4 is 31.9 Å². The van der Waals surface area contributed by atoms with Gasteiger partial charge in [0.2, 0.25) is 0 Å². The lowest BCUT2D eigenvalue weighted by atomic mass is 10.2. The Balaban J connectivity index is 2.06. The summed E-state index contributed by atoms with van der Waals surface area (Å²) < 4.78 is 19.4. The van der Waals surface area contributed by atoms with Gasteiger partial charge in [0.1, 0.15) is 18.2 Å². The lowest BCUT2D eigenvalue weighted by molar-refractivity contribution is 0.303. The average molecular weight is 375 g/mol. The largest absolute Gasteiger partial charge is 0.488 e. The van der Waals surface area contributed by atoms with Crippen molar-refractivity contribution in [3.05, 3.63) is 58.1 Å². The Morgan fingerprint density at radius 3 is 2.67 bits per heavy atom. The number of halogens is 3. The quantitative estimate of drug-likeness (QED) is 0.737. The molecule has 0 saturated heterocycles. The third kappa shape index (κ3) is 3.53. The summed E-state index contributed by atoms with van der Waals surface area (Å²) in [6.45, 7) is 0.289. The van der Waals surface area contributed by atoms with Crippen molar-refractivity contribution in [3.63, 3.8) is 0 Å². The molecule has 2 rings (SSSR count). The third-order valence-corrected chi connectivity index (χ3v) is 3.57. The van der Waals surface area contributed by atoms with Gasteiger partial charge in [-0.25, -0.2) is 4.39 Å². The number of aromatic nitrogens is 1. The summed E-state index contributed by atoms with van der Waals surface area (Å²) in [5.41, 5.74) is 1.85. The van der Waals surface area contributed by atoms with Gasteiger partial charge in [0, 0.05) is 17.1 Å². The molecule has 0 bridgehead atoms. The van der Waals surface area contributed by atoms with E-state index in [1.807, 2.05) is 18.2 Å². The van der Waals surface area contributed by atoms with Crippen LogP contribution < -0.4 is 4.74 Å². The van der Waals surface area contributed by atoms with E-state index in [2.05, 4.69) is 36.8 Å². The summed E-state index contributed by atoms with van der Waals surface area (Å²) in [5.74, 6) is 0.369. The molecule has 0 aliphatic carbocycles. The van der Waals surface area contributed by atoms with E-state index >= 15 is 0 Å². The van der Waals surface area contributed by atoms with Crippen molar-refractivity contribution < 1.29 is 9.13 Å². The van der Waals surface area contributed by atoms with Crippen LogP contribution >= 0.6 is 31.9 Å². The van der Waals surface area contributed by atoms with E-state index in [0.717, 1.165) is 21.1 Å². The van der Waals surface area contributed by atoms with Crippen molar-refractivity contribution in [2.45, 2.75) is 11.9 Å². The maximum atomic E-state index is 12.9. The van der Waals surface area contributed by atoms with E-state index in [0.29, 0.717) is 5.56 Å². The van der Waals surface area contributed by atoms with Crippen LogP contribution in [0.1, 0.15) is 11.1 Å². The monoisotopic (exact) mass is 373 g/mol. The zero-order valence-corrected chi connectivity index (χ0v) is 12.5. The fourth-order valence-corrected chi connectivity index (χ4v) is 2.33. The Kier molecular flexibility index (Phi) is 4.72. The summed E-state index contributed by atoms with van der Waals surface area (Å²) in [5, 5.41) is 0.791. The van der Waals surface area contributed by atoms with Gasteiger partial charge in [-0.3, -0.25) is 4.98 Å². The smallest absolute Gasteiger partial charge is 0.141 e. The molecule has 0 amide bonds. The van der Waals surface area contributed by atoms with Gasteiger partial charge in [-0.2, -0.15) is 0 Å². The first kappa shape index (κ1) is 13.5. The molecule has 2 nitrogen and oxygen atoms in total. The third-order valence-electron chi connectivity index (χ3n) is 2.31. The van der Waals surface area contributed by atoms with Crippen LogP contribution in [-0.4, -0.2) is 4.98 Å². The summed E-state index contributed by atoms with van der Waals surface area (Å²) >= 11 is 6.83. The number of nitrogens with zero attached hydrogens (tertiary/aromatic N) is 1. The lowest BCUT2D eigenvalue weighted by Gasteiger charge is -2.09. The van der Waals surface area contributed by atoms with Gasteiger partial charge in [0.15, 0.2) is 0 Å². The molecule has 0 aliphatic rings. The van der Waals surface area contributed by atoms with Crippen LogP contribution in [0.2, 0.25) is 0 Å². The SMILES string of the molecule is Fc1cncc(COc2ccc(CBr)cc2Br)c1. The van der Waals surface area contributed by atoms with Gasteiger partial charge < -0.3 is 4.74 Å². The fraction of sp³-hybridized carbons (Fsp3) is 0.154. The van der Waals surface area contributed by atoms with E-state index in [1.165, 1.54) is 12.3 Å². The molecule has 0 N–H and O–H groups in total. The van der Waals surface area contributed by atoms with E-state index in [9.17, 15) is 4.39 Å². The molecule has 0 spiro atoms. The number of pyridine rings is 1. The van der Waals surface area contributed by atoms with Gasteiger partial charge in [-0.05, 0) is 39.7 Å². The highest BCUT2D eigenvalue weighted by Crippen LogP contribution is 2.27. The van der Waals surface area contributed by atoms with Crippen LogP contribution in [0.15, 0.2) is 41.1 Å². The van der Waals surface area contributed by atoms with E-state index in [1.54, 1.807) is 6.20 Å². The molecule has 0 atom stereocenters. The van der Waals surface area contributed by atoms with E-state index in [-0.39, 0.29) is 12.4 Å². The first-order chi connectivity index (χ1) is 8.69. The fourth-order valence-electron chi connectivity index (χ4n) is 1.44. The second-order valence-corrected chi connectivity index (χ2v) is 5.11. The first-order valence-electron chi connectivity index (χ1n) is 5.25. The summed E-state index contributed by atoms with van der Waals surface area (Å²) in [6.07, 6.45) is 2.76. The first-order valence-corrected chi connectivity index (χ1v) is 7.17. The number of hydrogen-bond donors (Lipinski definition) is 0. The van der Waals surface area contributed by atoms with Crippen molar-refractivity contribution in [1.29, 1.82) is 0 Å². The molecule has 0 unspecified atom stereocenters. The van der Waals surface area contributed by atoms with E-state index in [4.69, 9.17) is 4.74 Å². The van der Waals surface area contributed by atoms with Gasteiger partial charge in [0.05, 0.1) is 10.7 Å². The predicted molar refractivity (Wildman–Crippen MR) is 75.3 cm³/mol. The molecular weight excluding hydrogens is 365 g/mol. The van der Waals surface area contributed by atoms with Crippen LogP contribution in [0.25, 0.3) is 0 Å². The number of rotatable bonds is 4. The Labute approximate surface area is 121 Å². The van der Waals surface area contributed by atoms with Crippen molar-refractivity contribution in [2.24, 2.45) is 0 Å². The van der Waals surface area contributed by atoms with Crippen LogP contribution in [-0.2, 0) is 11.9 Å². The molecule has 0 radical (unpaired) electrons. The zero-order chi connectivity index (χ0) is 13.0. The number of ether oxygens (including phenoxy) is 1. The molecule has 94 valence electrons. The maximum absolute atomic E-state index is 12.9. The topological polar surface area (TPSA) is 22.1 Å². The predicted octanol–water partition coefficient (Wildman–Crippen LogP) is 4.46. The summed E-state index contributed by atoms with van der Waals surface area (Å²) in [7, 11) is 0. The Morgan fingerprint density at radius 2 is 2.00 bits per heavy atom. The molecule has 18 heavy (non-hydrogen) atoms. The van der Waals surface area contributed by atoms with Gasteiger partial charge in [0.25, 0.3) is 0 Å². The van der Waals surface area contributed by atoms with Crippen molar-refractivity contribution in [2.75, 3.05) is 0 Å². The normalized spacial score (nSPS) is 10.4. The molecular formula is C13H10Br2FNO. The zero-order valence-electron chi connectivity index (χ0n) is 9.37. The minimum atomic E-state index is -0.357. The Morgan fingerprint density at radius 1 is 1.17 bits per heavy atom. The van der Waals surface area contributed by atoms with Crippen LogP contribution in [0.4, 0.5) is 4.39 Å². The van der Waals surface area contributed by atoms with Crippen LogP contribution in [0, 0.1) is 5.82 Å². The van der Waals surface area contributed by atoms with Gasteiger partial charge in [-0.1, -0.05) is 22.0 Å². The molecule has 1 aromatic heterocycles. The van der Waals surface area contributed by atoms with Crippen molar-refractivity contribution in [1.82, 2.24) is 4.98 Å². The highest BCUT2D eigenvalue weighted by molar-refractivity contribution is 9.10. The molecule has 0 aliphatic heterocycles. The molecule has 5 heteroatoms. The Hall–Kier alpha value is -0.940. The highest BCUT2D eigenvalue weighted by atomic mass is 79.9. The summed E-state index contributed by atoms with van der Waals surface area (Å²) in [6, 6.07) is 7.24. The van der Waals surface area contributed by atoms with Crippen molar-refractivity contribution in [3.8, 4) is 5.75 Å². The second-order valence-electron chi connectivity index (χ2n) is 3.70. The minimum Gasteiger partial charge on any atom is -0.488 e. The van der Waals surface area contributed by atoms with Crippen LogP contribution in [0.3, 0.4) is 0 Å². The number of hydrogen-bond acceptors (Lipinski definition) is 2. The second kappa shape index (κ2) is 6.29. The highest BCUT2D eigenvalue weighted by Gasteiger charge is 2.03. The number of benzene rings is 1. The van der Waals surface area contributed by atoms with Gasteiger partial charge >= 0.3 is 0 Å². The standard InChI is InChI=1S/C13H10Br2FNO/c14-5-9-1-2-13(12(15)4-9)18-8-10-3-11(16)7-17-6-10/h1-4,6-7H,5,8H2. The molecule has 1 heterocycles. The molecule has 0 saturated carbocycles. The number of alkyl halides is 1. The molecule has 1 aromatic carbocycles. The molecule has 2 aromatic rings. The van der Waals surface area contributed by atoms with Gasteiger partial charge in [-0.15, -0.1) is 0 Å². The maximum Gasteiger partial charge on any atom is 0.141 e. The van der Waals surface area contributed by atoms with Crippen LogP contribution in [0.5, 0.6) is 5.75 Å². The Bertz CT molecular complexity index is 548. The van der Waals surface area contributed by atoms with E-state index < -0.39 is 0 Å². The molecule has 0 fully saturated rings. The minimum absolute atomic E-state index is 0.289. The lowest BCUT2D eigenvalue weighted by Crippen LogP contribution is -1.97.